The summed E-state index contributed by atoms with van der Waals surface area (Å²) in [6, 6.07) is 5.62. The first-order valence-electron chi connectivity index (χ1n) is 6.68. The third-order valence-electron chi connectivity index (χ3n) is 2.58. The molecule has 0 saturated carbocycles. The Morgan fingerprint density at radius 1 is 1.05 bits per heavy atom. The Hall–Kier alpha value is -1.26. The van der Waals surface area contributed by atoms with Gasteiger partial charge in [-0.2, -0.15) is 0 Å². The first-order chi connectivity index (χ1) is 9.24. The Bertz CT molecular complexity index is 362. The van der Waals surface area contributed by atoms with Gasteiger partial charge in [0.1, 0.15) is 5.82 Å². The third-order valence-corrected chi connectivity index (χ3v) is 2.58. The van der Waals surface area contributed by atoms with Gasteiger partial charge in [0, 0.05) is 25.2 Å². The van der Waals surface area contributed by atoms with Gasteiger partial charge in [0.15, 0.2) is 5.78 Å². The lowest BCUT2D eigenvalue weighted by atomic mass is 10.1. The van der Waals surface area contributed by atoms with Gasteiger partial charge in [-0.15, -0.1) is 0 Å². The molecule has 1 rings (SSSR count). The van der Waals surface area contributed by atoms with Crippen molar-refractivity contribution in [3.8, 4) is 0 Å². The molecule has 0 unspecified atom stereocenters. The zero-order valence-corrected chi connectivity index (χ0v) is 11.4. The van der Waals surface area contributed by atoms with E-state index in [1.54, 1.807) is 0 Å². The van der Waals surface area contributed by atoms with Crippen LogP contribution in [0.15, 0.2) is 24.3 Å². The summed E-state index contributed by atoms with van der Waals surface area (Å²) in [6.07, 6.45) is 2.09. The number of ketones is 1. The van der Waals surface area contributed by atoms with Crippen LogP contribution in [0.5, 0.6) is 0 Å². The minimum Gasteiger partial charge on any atom is -0.379 e. The molecule has 0 aromatic heterocycles. The zero-order chi connectivity index (χ0) is 13.9. The highest BCUT2D eigenvalue weighted by Gasteiger charge is 2.05. The predicted octanol–water partition coefficient (Wildman–Crippen LogP) is 3.23. The van der Waals surface area contributed by atoms with Gasteiger partial charge in [-0.05, 0) is 37.1 Å². The second kappa shape index (κ2) is 9.64. The lowest BCUT2D eigenvalue weighted by molar-refractivity contribution is 0.0463. The third kappa shape index (κ3) is 7.03. The average Bonchev–Trinajstić information content (AvgIpc) is 2.42. The van der Waals surface area contributed by atoms with Crippen LogP contribution in [0.1, 0.15) is 36.5 Å². The number of hydrogen-bond acceptors (Lipinski definition) is 3. The minimum atomic E-state index is -0.327. The normalized spacial score (nSPS) is 10.6. The molecule has 3 nitrogen and oxygen atoms in total. The highest BCUT2D eigenvalue weighted by Crippen LogP contribution is 2.07. The van der Waals surface area contributed by atoms with Crippen LogP contribution < -0.4 is 0 Å². The van der Waals surface area contributed by atoms with E-state index < -0.39 is 0 Å². The van der Waals surface area contributed by atoms with Gasteiger partial charge in [0.2, 0.25) is 0 Å². The number of hydrogen-bond donors (Lipinski definition) is 0. The van der Waals surface area contributed by atoms with Gasteiger partial charge in [-0.3, -0.25) is 4.79 Å². The maximum atomic E-state index is 12.7. The number of carbonyl (C=O) groups excluding carboxylic acids is 1. The lowest BCUT2D eigenvalue weighted by Crippen LogP contribution is -2.07. The van der Waals surface area contributed by atoms with E-state index in [9.17, 15) is 9.18 Å². The van der Waals surface area contributed by atoms with Gasteiger partial charge in [0.25, 0.3) is 0 Å². The summed E-state index contributed by atoms with van der Waals surface area (Å²) in [5.41, 5.74) is 0.549. The second-order valence-electron chi connectivity index (χ2n) is 4.26. The van der Waals surface area contributed by atoms with Gasteiger partial charge in [-0.1, -0.05) is 6.92 Å². The quantitative estimate of drug-likeness (QED) is 0.483. The van der Waals surface area contributed by atoms with Crippen LogP contribution in [0.25, 0.3) is 0 Å². The molecule has 0 aliphatic rings. The van der Waals surface area contributed by atoms with Crippen LogP contribution in [0.2, 0.25) is 0 Å². The molecule has 0 atom stereocenters. The van der Waals surface area contributed by atoms with Crippen molar-refractivity contribution in [1.82, 2.24) is 0 Å². The fourth-order valence-corrected chi connectivity index (χ4v) is 1.58. The molecule has 0 radical (unpaired) electrons. The van der Waals surface area contributed by atoms with E-state index in [2.05, 4.69) is 6.92 Å². The number of ether oxygens (including phenoxy) is 2. The van der Waals surface area contributed by atoms with Crippen LogP contribution in [-0.2, 0) is 9.47 Å². The van der Waals surface area contributed by atoms with Crippen molar-refractivity contribution < 1.29 is 18.7 Å². The van der Waals surface area contributed by atoms with Crippen molar-refractivity contribution in [2.45, 2.75) is 26.2 Å². The summed E-state index contributed by atoms with van der Waals surface area (Å²) in [6.45, 7) is 4.52. The molecule has 106 valence electrons. The second-order valence-corrected chi connectivity index (χ2v) is 4.26. The average molecular weight is 268 g/mol. The molecule has 0 spiro atoms. The molecule has 0 aliphatic heterocycles. The Balaban J connectivity index is 2.06. The molecule has 0 aliphatic carbocycles. The van der Waals surface area contributed by atoms with Crippen molar-refractivity contribution in [2.75, 3.05) is 26.4 Å². The highest BCUT2D eigenvalue weighted by atomic mass is 19.1. The summed E-state index contributed by atoms with van der Waals surface area (Å²) in [7, 11) is 0. The minimum absolute atomic E-state index is 0.0193. The Labute approximate surface area is 113 Å². The topological polar surface area (TPSA) is 35.5 Å². The fraction of sp³-hybridized carbons (Fsp3) is 0.533. The zero-order valence-electron chi connectivity index (χ0n) is 11.4. The molecule has 1 aromatic rings. The smallest absolute Gasteiger partial charge is 0.162 e. The fourth-order valence-electron chi connectivity index (χ4n) is 1.58. The SMILES string of the molecule is CCCOCCOCCCC(=O)c1ccc(F)cc1. The van der Waals surface area contributed by atoms with E-state index in [4.69, 9.17) is 9.47 Å². The standard InChI is InChI=1S/C15H21FO3/c1-2-9-18-11-12-19-10-3-4-15(17)13-5-7-14(16)8-6-13/h5-8H,2-4,9-12H2,1H3. The maximum Gasteiger partial charge on any atom is 0.162 e. The maximum absolute atomic E-state index is 12.7. The van der Waals surface area contributed by atoms with Crippen molar-refractivity contribution in [1.29, 1.82) is 0 Å². The van der Waals surface area contributed by atoms with E-state index in [0.717, 1.165) is 13.0 Å². The summed E-state index contributed by atoms with van der Waals surface area (Å²) in [5, 5.41) is 0. The summed E-state index contributed by atoms with van der Waals surface area (Å²) < 4.78 is 23.3. The van der Waals surface area contributed by atoms with Gasteiger partial charge >= 0.3 is 0 Å². The molecule has 4 heteroatoms. The molecule has 0 heterocycles. The molecular weight excluding hydrogens is 247 g/mol. The van der Waals surface area contributed by atoms with E-state index in [1.807, 2.05) is 0 Å². The molecular formula is C15H21FO3. The van der Waals surface area contributed by atoms with Crippen molar-refractivity contribution in [2.24, 2.45) is 0 Å². The molecule has 0 amide bonds. The molecule has 0 N–H and O–H groups in total. The van der Waals surface area contributed by atoms with Gasteiger partial charge in [-0.25, -0.2) is 4.39 Å². The number of halogens is 1. The molecule has 1 aromatic carbocycles. The van der Waals surface area contributed by atoms with Crippen LogP contribution in [0.3, 0.4) is 0 Å². The first kappa shape index (κ1) is 15.8. The number of Topliss-reactive ketones (excluding diaryl/α,β-unsaturated/α-hetero) is 1. The molecule has 0 bridgehead atoms. The number of carbonyl (C=O) groups is 1. The number of benzene rings is 1. The Kier molecular flexibility index (Phi) is 8.02. The van der Waals surface area contributed by atoms with E-state index in [-0.39, 0.29) is 11.6 Å². The summed E-state index contributed by atoms with van der Waals surface area (Å²) in [5.74, 6) is -0.308. The lowest BCUT2D eigenvalue weighted by Gasteiger charge is -2.05. The Morgan fingerprint density at radius 2 is 1.68 bits per heavy atom. The van der Waals surface area contributed by atoms with Crippen molar-refractivity contribution >= 4 is 5.78 Å². The van der Waals surface area contributed by atoms with Crippen molar-refractivity contribution in [3.05, 3.63) is 35.6 Å². The highest BCUT2D eigenvalue weighted by molar-refractivity contribution is 5.95. The monoisotopic (exact) mass is 268 g/mol. The molecule has 0 fully saturated rings. The van der Waals surface area contributed by atoms with Crippen LogP contribution in [0.4, 0.5) is 4.39 Å². The summed E-state index contributed by atoms with van der Waals surface area (Å²) in [4.78, 5) is 11.7. The predicted molar refractivity (Wildman–Crippen MR) is 71.9 cm³/mol. The van der Waals surface area contributed by atoms with Crippen LogP contribution >= 0.6 is 0 Å². The van der Waals surface area contributed by atoms with E-state index >= 15 is 0 Å². The number of rotatable bonds is 10. The Morgan fingerprint density at radius 3 is 2.32 bits per heavy atom. The summed E-state index contributed by atoms with van der Waals surface area (Å²) >= 11 is 0. The molecule has 0 saturated heterocycles. The van der Waals surface area contributed by atoms with Crippen LogP contribution in [0, 0.1) is 5.82 Å². The molecule has 19 heavy (non-hydrogen) atoms. The first-order valence-corrected chi connectivity index (χ1v) is 6.68. The van der Waals surface area contributed by atoms with E-state index in [1.165, 1.54) is 24.3 Å². The van der Waals surface area contributed by atoms with Crippen molar-refractivity contribution in [3.63, 3.8) is 0 Å². The van der Waals surface area contributed by atoms with E-state index in [0.29, 0.717) is 38.2 Å². The van der Waals surface area contributed by atoms with Gasteiger partial charge < -0.3 is 9.47 Å². The van der Waals surface area contributed by atoms with Crippen LogP contribution in [-0.4, -0.2) is 32.2 Å². The van der Waals surface area contributed by atoms with Gasteiger partial charge in [0.05, 0.1) is 13.2 Å². The largest absolute Gasteiger partial charge is 0.379 e.